The number of H-pyrrole nitrogens is 1. The van der Waals surface area contributed by atoms with Crippen LogP contribution in [-0.4, -0.2) is 23.5 Å². The second kappa shape index (κ2) is 8.26. The monoisotopic (exact) mass is 509 g/mol. The number of hydrogen-bond acceptors (Lipinski definition) is 6. The number of benzene rings is 2. The number of aryl methyl sites for hydroxylation is 2. The van der Waals surface area contributed by atoms with E-state index in [1.54, 1.807) is 0 Å². The summed E-state index contributed by atoms with van der Waals surface area (Å²) in [6.07, 6.45) is -4.71. The topological polar surface area (TPSA) is 115 Å². The molecule has 2 aromatic carbocycles. The fraction of sp³-hybridized carbons (Fsp3) is 0.167. The molecule has 0 unspecified atom stereocenters. The molecule has 0 saturated heterocycles. The molecule has 0 radical (unpaired) electrons. The molecule has 0 saturated carbocycles. The van der Waals surface area contributed by atoms with E-state index in [4.69, 9.17) is 27.9 Å². The van der Waals surface area contributed by atoms with Crippen LogP contribution in [-0.2, 0) is 16.0 Å². The molecule has 1 aromatic heterocycles. The van der Waals surface area contributed by atoms with Crippen molar-refractivity contribution in [2.45, 2.75) is 29.8 Å². The first-order valence-corrected chi connectivity index (χ1v) is 10.8. The Labute approximate surface area is 189 Å². The summed E-state index contributed by atoms with van der Waals surface area (Å²) >= 11 is 11.8. The van der Waals surface area contributed by atoms with Crippen LogP contribution in [0.25, 0.3) is 0 Å². The van der Waals surface area contributed by atoms with E-state index < -0.39 is 47.1 Å². The zero-order chi connectivity index (χ0) is 24.0. The van der Waals surface area contributed by atoms with Crippen molar-refractivity contribution < 1.29 is 31.2 Å². The molecule has 0 bridgehead atoms. The fourth-order valence-corrected chi connectivity index (χ4v) is 5.27. The molecular weight excluding hydrogens is 498 g/mol. The number of halogens is 5. The third-order valence-electron chi connectivity index (χ3n) is 4.29. The van der Waals surface area contributed by atoms with Crippen LogP contribution in [0.5, 0.6) is 11.5 Å². The van der Waals surface area contributed by atoms with E-state index in [-0.39, 0.29) is 27.8 Å². The van der Waals surface area contributed by atoms with E-state index in [1.165, 1.54) is 13.8 Å². The number of aromatic amines is 1. The second-order valence-electron chi connectivity index (χ2n) is 6.52. The van der Waals surface area contributed by atoms with Gasteiger partial charge in [0.1, 0.15) is 10.6 Å². The summed E-state index contributed by atoms with van der Waals surface area (Å²) in [5, 5.41) is 16.7. The average molecular weight is 510 g/mol. The van der Waals surface area contributed by atoms with Crippen molar-refractivity contribution in [2.75, 3.05) is 0 Å². The summed E-state index contributed by atoms with van der Waals surface area (Å²) in [5.74, 6) is -0.634. The minimum absolute atomic E-state index is 0.0944. The lowest BCUT2D eigenvalue weighted by molar-refractivity contribution is -0.387. The summed E-state index contributed by atoms with van der Waals surface area (Å²) in [6, 6.07) is 3.99. The van der Waals surface area contributed by atoms with Gasteiger partial charge < -0.3 is 4.74 Å². The number of hydrogen-bond donors (Lipinski definition) is 1. The number of nitro benzene ring substituents is 1. The van der Waals surface area contributed by atoms with Gasteiger partial charge in [-0.05, 0) is 32.0 Å². The Hall–Kier alpha value is -2.83. The van der Waals surface area contributed by atoms with Crippen LogP contribution in [0.4, 0.5) is 18.9 Å². The molecule has 0 atom stereocenters. The van der Waals surface area contributed by atoms with E-state index in [0.29, 0.717) is 12.1 Å². The van der Waals surface area contributed by atoms with Crippen molar-refractivity contribution in [3.8, 4) is 11.5 Å². The summed E-state index contributed by atoms with van der Waals surface area (Å²) in [4.78, 5) is 9.61. The number of aromatic nitrogens is 2. The number of sulfone groups is 1. The van der Waals surface area contributed by atoms with Gasteiger partial charge in [0.2, 0.25) is 9.84 Å². The van der Waals surface area contributed by atoms with E-state index in [9.17, 15) is 31.7 Å². The number of alkyl halides is 3. The van der Waals surface area contributed by atoms with Gasteiger partial charge in [-0.1, -0.05) is 23.2 Å². The highest BCUT2D eigenvalue weighted by Gasteiger charge is 2.34. The first kappa shape index (κ1) is 23.8. The summed E-state index contributed by atoms with van der Waals surface area (Å²) < 4.78 is 70.5. The number of rotatable bonds is 5. The standard InChI is InChI=1S/C18H12Cl2F3N3O5S/c1-8-17(9(2)25-24-8)32(29,30)15-7-11(3-4-14(15)26(27)28)31-16-12(19)5-10(6-13(16)20)18(21,22)23/h3-7H,1-2H3,(H,24,25). The lowest BCUT2D eigenvalue weighted by Gasteiger charge is -2.14. The van der Waals surface area contributed by atoms with Crippen LogP contribution in [0.3, 0.4) is 0 Å². The summed E-state index contributed by atoms with van der Waals surface area (Å²) in [5.41, 5.74) is -1.59. The highest BCUT2D eigenvalue weighted by atomic mass is 35.5. The number of ether oxygens (including phenoxy) is 1. The molecule has 32 heavy (non-hydrogen) atoms. The molecule has 0 aliphatic carbocycles. The normalized spacial score (nSPS) is 12.1. The maximum atomic E-state index is 13.2. The van der Waals surface area contributed by atoms with Crippen LogP contribution < -0.4 is 4.74 Å². The maximum Gasteiger partial charge on any atom is 0.416 e. The molecule has 8 nitrogen and oxygen atoms in total. The van der Waals surface area contributed by atoms with E-state index >= 15 is 0 Å². The minimum Gasteiger partial charge on any atom is -0.454 e. The van der Waals surface area contributed by atoms with Crippen LogP contribution in [0, 0.1) is 24.0 Å². The minimum atomic E-state index is -4.71. The smallest absolute Gasteiger partial charge is 0.416 e. The third-order valence-corrected chi connectivity index (χ3v) is 6.90. The van der Waals surface area contributed by atoms with Crippen LogP contribution in [0.2, 0.25) is 10.0 Å². The SMILES string of the molecule is Cc1n[nH]c(C)c1S(=O)(=O)c1cc(Oc2c(Cl)cc(C(F)(F)F)cc2Cl)ccc1[N+](=O)[O-]. The zero-order valence-corrected chi connectivity index (χ0v) is 18.4. The van der Waals surface area contributed by atoms with Gasteiger partial charge in [-0.15, -0.1) is 0 Å². The van der Waals surface area contributed by atoms with Gasteiger partial charge in [-0.25, -0.2) is 8.42 Å². The van der Waals surface area contributed by atoms with E-state index in [0.717, 1.165) is 18.2 Å². The quantitative estimate of drug-likeness (QED) is 0.338. The third kappa shape index (κ3) is 4.38. The Balaban J connectivity index is 2.13. The lowest BCUT2D eigenvalue weighted by Crippen LogP contribution is -2.08. The molecule has 0 fully saturated rings. The van der Waals surface area contributed by atoms with Crippen LogP contribution in [0.1, 0.15) is 17.0 Å². The molecule has 3 aromatic rings. The van der Waals surface area contributed by atoms with Gasteiger partial charge in [-0.2, -0.15) is 18.3 Å². The Morgan fingerprint density at radius 2 is 1.72 bits per heavy atom. The molecule has 0 aliphatic heterocycles. The van der Waals surface area contributed by atoms with Gasteiger partial charge in [0.25, 0.3) is 5.69 Å². The zero-order valence-electron chi connectivity index (χ0n) is 16.1. The van der Waals surface area contributed by atoms with Crippen molar-refractivity contribution in [3.63, 3.8) is 0 Å². The van der Waals surface area contributed by atoms with Crippen molar-refractivity contribution in [3.05, 3.63) is 67.4 Å². The Morgan fingerprint density at radius 1 is 1.12 bits per heavy atom. The van der Waals surface area contributed by atoms with Crippen LogP contribution in [0.15, 0.2) is 40.1 Å². The largest absolute Gasteiger partial charge is 0.454 e. The van der Waals surface area contributed by atoms with Gasteiger partial charge in [0, 0.05) is 12.1 Å². The fourth-order valence-electron chi connectivity index (χ4n) is 2.91. The number of nitro groups is 1. The van der Waals surface area contributed by atoms with E-state index in [1.807, 2.05) is 0 Å². The molecule has 170 valence electrons. The number of nitrogens with one attached hydrogen (secondary N) is 1. The van der Waals surface area contributed by atoms with Crippen LogP contribution >= 0.6 is 23.2 Å². The van der Waals surface area contributed by atoms with Gasteiger partial charge in [0.15, 0.2) is 10.6 Å². The maximum absolute atomic E-state index is 13.2. The van der Waals surface area contributed by atoms with Gasteiger partial charge in [0.05, 0.1) is 31.9 Å². The van der Waals surface area contributed by atoms with E-state index in [2.05, 4.69) is 10.2 Å². The second-order valence-corrected chi connectivity index (χ2v) is 9.19. The Bertz CT molecular complexity index is 1300. The van der Waals surface area contributed by atoms with Gasteiger partial charge >= 0.3 is 6.18 Å². The first-order chi connectivity index (χ1) is 14.7. The average Bonchev–Trinajstić information content (AvgIpc) is 3.02. The highest BCUT2D eigenvalue weighted by molar-refractivity contribution is 7.91. The number of nitrogens with zero attached hydrogens (tertiary/aromatic N) is 2. The first-order valence-electron chi connectivity index (χ1n) is 8.52. The van der Waals surface area contributed by atoms with Crippen molar-refractivity contribution in [2.24, 2.45) is 0 Å². The Kier molecular flexibility index (Phi) is 6.15. The molecule has 1 heterocycles. The molecule has 0 spiro atoms. The predicted octanol–water partition coefficient (Wildman–Crippen LogP) is 5.89. The molecular formula is C18H12Cl2F3N3O5S. The van der Waals surface area contributed by atoms with Crippen molar-refractivity contribution in [1.29, 1.82) is 0 Å². The predicted molar refractivity (Wildman–Crippen MR) is 108 cm³/mol. The van der Waals surface area contributed by atoms with Crippen molar-refractivity contribution in [1.82, 2.24) is 10.2 Å². The van der Waals surface area contributed by atoms with Gasteiger partial charge in [-0.3, -0.25) is 15.2 Å². The highest BCUT2D eigenvalue weighted by Crippen LogP contribution is 2.43. The Morgan fingerprint density at radius 3 is 2.19 bits per heavy atom. The molecule has 14 heteroatoms. The lowest BCUT2D eigenvalue weighted by atomic mass is 10.2. The summed E-state index contributed by atoms with van der Waals surface area (Å²) in [7, 11) is -4.42. The molecule has 0 amide bonds. The molecule has 3 rings (SSSR count). The molecule has 0 aliphatic rings. The van der Waals surface area contributed by atoms with Crippen molar-refractivity contribution >= 4 is 38.7 Å². The summed E-state index contributed by atoms with van der Waals surface area (Å²) in [6.45, 7) is 2.84. The molecule has 1 N–H and O–H groups in total.